The maximum atomic E-state index is 12.0. The normalized spacial score (nSPS) is 18.8. The van der Waals surface area contributed by atoms with Crippen molar-refractivity contribution in [2.24, 2.45) is 5.92 Å². The Bertz CT molecular complexity index is 476. The zero-order chi connectivity index (χ0) is 14.0. The summed E-state index contributed by atoms with van der Waals surface area (Å²) in [6, 6.07) is 0. The molecule has 2 N–H and O–H groups in total. The maximum absolute atomic E-state index is 12.0. The van der Waals surface area contributed by atoms with Gasteiger partial charge in [-0.05, 0) is 32.3 Å². The van der Waals surface area contributed by atoms with Crippen LogP contribution in [0.15, 0.2) is 0 Å². The number of hydrogen-bond acceptors (Lipinski definition) is 3. The molecule has 0 aromatic carbocycles. The van der Waals surface area contributed by atoms with E-state index in [9.17, 15) is 9.59 Å². The highest BCUT2D eigenvalue weighted by molar-refractivity contribution is 5.79. The molecule has 0 radical (unpaired) electrons. The Morgan fingerprint density at radius 2 is 2.21 bits per heavy atom. The second kappa shape index (κ2) is 5.42. The first-order valence-corrected chi connectivity index (χ1v) is 6.50. The third-order valence-corrected chi connectivity index (χ3v) is 3.76. The van der Waals surface area contributed by atoms with Crippen LogP contribution in [0.4, 0.5) is 0 Å². The molecule has 104 valence electrons. The number of carbonyl (C=O) groups excluding carboxylic acids is 1. The number of nitrogens with zero attached hydrogens (tertiary/aromatic N) is 2. The Kier molecular flexibility index (Phi) is 3.87. The van der Waals surface area contributed by atoms with E-state index in [-0.39, 0.29) is 5.91 Å². The standard InChI is InChI=1S/C13H19N3O3/c1-8-11(9(2)15-14-8)3-4-12(17)16-6-5-10(7-16)13(18)19/h10H,3-7H2,1-2H3,(H,14,15)(H,18,19)/t10-/m1/s1. The van der Waals surface area contributed by atoms with Gasteiger partial charge in [0, 0.05) is 25.2 Å². The summed E-state index contributed by atoms with van der Waals surface area (Å²) >= 11 is 0. The molecule has 0 unspecified atom stereocenters. The highest BCUT2D eigenvalue weighted by Gasteiger charge is 2.30. The number of nitrogens with one attached hydrogen (secondary N) is 1. The quantitative estimate of drug-likeness (QED) is 0.846. The molecular formula is C13H19N3O3. The summed E-state index contributed by atoms with van der Waals surface area (Å²) < 4.78 is 0. The third-order valence-electron chi connectivity index (χ3n) is 3.76. The van der Waals surface area contributed by atoms with Crippen LogP contribution < -0.4 is 0 Å². The minimum atomic E-state index is -0.808. The van der Waals surface area contributed by atoms with E-state index in [0.29, 0.717) is 32.4 Å². The number of hydrogen-bond donors (Lipinski definition) is 2. The van der Waals surface area contributed by atoms with E-state index in [1.807, 2.05) is 13.8 Å². The number of aryl methyl sites for hydroxylation is 2. The Labute approximate surface area is 111 Å². The van der Waals surface area contributed by atoms with Gasteiger partial charge >= 0.3 is 5.97 Å². The fourth-order valence-electron chi connectivity index (χ4n) is 2.52. The number of carboxylic acid groups (broad SMARTS) is 1. The summed E-state index contributed by atoms with van der Waals surface area (Å²) in [5.41, 5.74) is 3.01. The molecule has 1 fully saturated rings. The molecule has 1 aliphatic heterocycles. The van der Waals surface area contributed by atoms with Crippen LogP contribution in [0.5, 0.6) is 0 Å². The average molecular weight is 265 g/mol. The second-order valence-electron chi connectivity index (χ2n) is 5.08. The van der Waals surface area contributed by atoms with E-state index in [0.717, 1.165) is 17.0 Å². The molecule has 2 rings (SSSR count). The largest absolute Gasteiger partial charge is 0.481 e. The van der Waals surface area contributed by atoms with Gasteiger partial charge in [-0.25, -0.2) is 0 Å². The van der Waals surface area contributed by atoms with Crippen molar-refractivity contribution < 1.29 is 14.7 Å². The average Bonchev–Trinajstić information content (AvgIpc) is 2.95. The lowest BCUT2D eigenvalue weighted by Gasteiger charge is -2.15. The van der Waals surface area contributed by atoms with Gasteiger partial charge in [-0.15, -0.1) is 0 Å². The number of amides is 1. The van der Waals surface area contributed by atoms with Crippen LogP contribution in [0.3, 0.4) is 0 Å². The monoisotopic (exact) mass is 265 g/mol. The number of aliphatic carboxylic acids is 1. The summed E-state index contributed by atoms with van der Waals surface area (Å²) in [6.07, 6.45) is 1.62. The molecular weight excluding hydrogens is 246 g/mol. The minimum Gasteiger partial charge on any atom is -0.481 e. The van der Waals surface area contributed by atoms with Crippen molar-refractivity contribution in [3.8, 4) is 0 Å². The van der Waals surface area contributed by atoms with Crippen LogP contribution in [-0.2, 0) is 16.0 Å². The molecule has 0 saturated carbocycles. The molecule has 1 aliphatic rings. The zero-order valence-electron chi connectivity index (χ0n) is 11.3. The molecule has 1 aromatic heterocycles. The van der Waals surface area contributed by atoms with Crippen LogP contribution in [0, 0.1) is 19.8 Å². The molecule has 1 amide bonds. The van der Waals surface area contributed by atoms with E-state index in [2.05, 4.69) is 10.2 Å². The molecule has 1 aromatic rings. The Morgan fingerprint density at radius 3 is 2.74 bits per heavy atom. The summed E-state index contributed by atoms with van der Waals surface area (Å²) in [5.74, 6) is -1.18. The fourth-order valence-corrected chi connectivity index (χ4v) is 2.52. The van der Waals surface area contributed by atoms with Crippen molar-refractivity contribution in [3.05, 3.63) is 17.0 Å². The lowest BCUT2D eigenvalue weighted by atomic mass is 10.1. The molecule has 6 heteroatoms. The van der Waals surface area contributed by atoms with Gasteiger partial charge in [0.25, 0.3) is 0 Å². The van der Waals surface area contributed by atoms with Gasteiger partial charge in [0.1, 0.15) is 0 Å². The Hall–Kier alpha value is -1.85. The number of likely N-dealkylation sites (tertiary alicyclic amines) is 1. The molecule has 1 atom stereocenters. The van der Waals surface area contributed by atoms with Gasteiger partial charge < -0.3 is 10.0 Å². The van der Waals surface area contributed by atoms with Gasteiger partial charge in [0.05, 0.1) is 11.6 Å². The predicted octanol–water partition coefficient (Wildman–Crippen LogP) is 0.892. The van der Waals surface area contributed by atoms with E-state index < -0.39 is 11.9 Å². The molecule has 2 heterocycles. The first-order chi connectivity index (χ1) is 8.99. The van der Waals surface area contributed by atoms with Crippen molar-refractivity contribution in [3.63, 3.8) is 0 Å². The molecule has 1 saturated heterocycles. The number of aromatic nitrogens is 2. The number of carboxylic acids is 1. The van der Waals surface area contributed by atoms with Gasteiger partial charge in [0.15, 0.2) is 0 Å². The maximum Gasteiger partial charge on any atom is 0.308 e. The van der Waals surface area contributed by atoms with Crippen LogP contribution in [-0.4, -0.2) is 45.2 Å². The molecule has 6 nitrogen and oxygen atoms in total. The van der Waals surface area contributed by atoms with Crippen molar-refractivity contribution >= 4 is 11.9 Å². The Morgan fingerprint density at radius 1 is 1.47 bits per heavy atom. The smallest absolute Gasteiger partial charge is 0.308 e. The van der Waals surface area contributed by atoms with E-state index in [4.69, 9.17) is 5.11 Å². The van der Waals surface area contributed by atoms with Gasteiger partial charge in [0.2, 0.25) is 5.91 Å². The predicted molar refractivity (Wildman–Crippen MR) is 68.7 cm³/mol. The van der Waals surface area contributed by atoms with Crippen molar-refractivity contribution in [2.45, 2.75) is 33.1 Å². The van der Waals surface area contributed by atoms with E-state index in [1.165, 1.54) is 0 Å². The minimum absolute atomic E-state index is 0.0313. The summed E-state index contributed by atoms with van der Waals surface area (Å²) in [6.45, 7) is 4.76. The van der Waals surface area contributed by atoms with Gasteiger partial charge in [-0.1, -0.05) is 0 Å². The second-order valence-corrected chi connectivity index (χ2v) is 5.08. The summed E-state index contributed by atoms with van der Waals surface area (Å²) in [5, 5.41) is 15.9. The Balaban J connectivity index is 1.87. The molecule has 0 bridgehead atoms. The fraction of sp³-hybridized carbons (Fsp3) is 0.615. The van der Waals surface area contributed by atoms with Crippen LogP contribution >= 0.6 is 0 Å². The van der Waals surface area contributed by atoms with Crippen LogP contribution in [0.1, 0.15) is 29.8 Å². The number of H-pyrrole nitrogens is 1. The molecule has 19 heavy (non-hydrogen) atoms. The lowest BCUT2D eigenvalue weighted by molar-refractivity contribution is -0.141. The van der Waals surface area contributed by atoms with Crippen LogP contribution in [0.2, 0.25) is 0 Å². The number of carbonyl (C=O) groups is 2. The third kappa shape index (κ3) is 2.94. The first kappa shape index (κ1) is 13.6. The van der Waals surface area contributed by atoms with Gasteiger partial charge in [-0.3, -0.25) is 14.7 Å². The highest BCUT2D eigenvalue weighted by atomic mass is 16.4. The molecule has 0 aliphatic carbocycles. The summed E-state index contributed by atoms with van der Waals surface area (Å²) in [4.78, 5) is 24.5. The topological polar surface area (TPSA) is 86.3 Å². The van der Waals surface area contributed by atoms with Crippen molar-refractivity contribution in [2.75, 3.05) is 13.1 Å². The van der Waals surface area contributed by atoms with Crippen molar-refractivity contribution in [1.82, 2.24) is 15.1 Å². The van der Waals surface area contributed by atoms with Crippen molar-refractivity contribution in [1.29, 1.82) is 0 Å². The zero-order valence-corrected chi connectivity index (χ0v) is 11.3. The number of aromatic amines is 1. The SMILES string of the molecule is Cc1n[nH]c(C)c1CCC(=O)N1CC[C@@H](C(=O)O)C1. The summed E-state index contributed by atoms with van der Waals surface area (Å²) in [7, 11) is 0. The first-order valence-electron chi connectivity index (χ1n) is 6.50. The molecule has 0 spiro atoms. The highest BCUT2D eigenvalue weighted by Crippen LogP contribution is 2.18. The van der Waals surface area contributed by atoms with Crippen LogP contribution in [0.25, 0.3) is 0 Å². The number of rotatable bonds is 4. The van der Waals surface area contributed by atoms with Gasteiger partial charge in [-0.2, -0.15) is 5.10 Å². The lowest BCUT2D eigenvalue weighted by Crippen LogP contribution is -2.30. The van der Waals surface area contributed by atoms with E-state index >= 15 is 0 Å². The van der Waals surface area contributed by atoms with E-state index in [1.54, 1.807) is 4.90 Å².